The zero-order valence-corrected chi connectivity index (χ0v) is 9.09. The number of aryl methyl sites for hydroxylation is 2. The maximum atomic E-state index is 11.6. The molecule has 0 aliphatic rings. The Morgan fingerprint density at radius 3 is 2.43 bits per heavy atom. The summed E-state index contributed by atoms with van der Waals surface area (Å²) < 4.78 is 0. The van der Waals surface area contributed by atoms with Crippen LogP contribution >= 0.6 is 0 Å². The van der Waals surface area contributed by atoms with Crippen molar-refractivity contribution in [3.63, 3.8) is 0 Å². The second-order valence-electron chi connectivity index (χ2n) is 3.65. The highest BCUT2D eigenvalue weighted by molar-refractivity contribution is 5.95. The first-order valence-corrected chi connectivity index (χ1v) is 4.56. The molecular formula is C11H16N2O. The van der Waals surface area contributed by atoms with Crippen molar-refractivity contribution < 1.29 is 4.79 Å². The molecule has 0 spiro atoms. The van der Waals surface area contributed by atoms with Crippen molar-refractivity contribution >= 4 is 5.91 Å². The van der Waals surface area contributed by atoms with Crippen LogP contribution in [0.3, 0.4) is 0 Å². The molecule has 0 bridgehead atoms. The molecule has 0 atom stereocenters. The molecule has 0 aliphatic heterocycles. The molecule has 1 amide bonds. The van der Waals surface area contributed by atoms with Crippen LogP contribution in [0.4, 0.5) is 0 Å². The first-order chi connectivity index (χ1) is 6.50. The molecule has 1 aromatic rings. The third-order valence-electron chi connectivity index (χ3n) is 1.95. The lowest BCUT2D eigenvalue weighted by atomic mass is 10.1. The minimum absolute atomic E-state index is 0.0625. The van der Waals surface area contributed by atoms with Gasteiger partial charge in [0.2, 0.25) is 0 Å². The van der Waals surface area contributed by atoms with E-state index < -0.39 is 0 Å². The summed E-state index contributed by atoms with van der Waals surface area (Å²) in [5, 5.41) is 1.64. The molecule has 0 saturated carbocycles. The maximum Gasteiger partial charge on any atom is 0.265 e. The van der Waals surface area contributed by atoms with Gasteiger partial charge >= 0.3 is 0 Å². The first kappa shape index (κ1) is 10.7. The monoisotopic (exact) mass is 192 g/mol. The average molecular weight is 192 g/mol. The summed E-state index contributed by atoms with van der Waals surface area (Å²) in [7, 11) is 3.59. The Bertz CT molecular complexity index is 345. The van der Waals surface area contributed by atoms with Gasteiger partial charge in [-0.1, -0.05) is 17.7 Å². The molecule has 1 rings (SSSR count). The SMILES string of the molecule is Cc1ccc(C(=O)NN(C)C)c(C)c1. The highest BCUT2D eigenvalue weighted by atomic mass is 16.2. The third-order valence-corrected chi connectivity index (χ3v) is 1.95. The number of carbonyl (C=O) groups is 1. The Morgan fingerprint density at radius 1 is 1.29 bits per heavy atom. The summed E-state index contributed by atoms with van der Waals surface area (Å²) in [6, 6.07) is 5.80. The lowest BCUT2D eigenvalue weighted by molar-refractivity contribution is 0.0856. The van der Waals surface area contributed by atoms with Crippen LogP contribution in [-0.2, 0) is 0 Å². The van der Waals surface area contributed by atoms with Crippen LogP contribution in [-0.4, -0.2) is 25.0 Å². The van der Waals surface area contributed by atoms with Crippen molar-refractivity contribution in [3.05, 3.63) is 34.9 Å². The van der Waals surface area contributed by atoms with Gasteiger partial charge in [-0.05, 0) is 25.5 Å². The molecule has 1 aromatic carbocycles. The molecule has 0 aliphatic carbocycles. The van der Waals surface area contributed by atoms with E-state index in [2.05, 4.69) is 5.43 Å². The second kappa shape index (κ2) is 4.24. The predicted molar refractivity (Wildman–Crippen MR) is 57.1 cm³/mol. The summed E-state index contributed by atoms with van der Waals surface area (Å²) in [5.74, 6) is -0.0625. The van der Waals surface area contributed by atoms with E-state index >= 15 is 0 Å². The van der Waals surface area contributed by atoms with Crippen LogP contribution in [0.15, 0.2) is 18.2 Å². The predicted octanol–water partition coefficient (Wildman–Crippen LogP) is 1.51. The number of nitrogens with one attached hydrogen (secondary N) is 1. The van der Waals surface area contributed by atoms with Gasteiger partial charge < -0.3 is 0 Å². The molecule has 0 aromatic heterocycles. The minimum Gasteiger partial charge on any atom is -0.285 e. The van der Waals surface area contributed by atoms with Gasteiger partial charge in [0.25, 0.3) is 5.91 Å². The molecule has 3 nitrogen and oxygen atoms in total. The fourth-order valence-corrected chi connectivity index (χ4v) is 1.33. The average Bonchev–Trinajstić information content (AvgIpc) is 2.01. The fraction of sp³-hybridized carbons (Fsp3) is 0.364. The molecule has 0 fully saturated rings. The van der Waals surface area contributed by atoms with E-state index in [0.717, 1.165) is 11.1 Å². The van der Waals surface area contributed by atoms with Crippen LogP contribution in [0.25, 0.3) is 0 Å². The molecule has 76 valence electrons. The summed E-state index contributed by atoms with van der Waals surface area (Å²) in [6.45, 7) is 3.96. The summed E-state index contributed by atoms with van der Waals surface area (Å²) >= 11 is 0. The van der Waals surface area contributed by atoms with E-state index in [4.69, 9.17) is 0 Å². The number of rotatable bonds is 2. The van der Waals surface area contributed by atoms with E-state index in [9.17, 15) is 4.79 Å². The number of hydrogen-bond donors (Lipinski definition) is 1. The first-order valence-electron chi connectivity index (χ1n) is 4.56. The number of benzene rings is 1. The van der Waals surface area contributed by atoms with Gasteiger partial charge in [-0.3, -0.25) is 10.2 Å². The highest BCUT2D eigenvalue weighted by Crippen LogP contribution is 2.10. The van der Waals surface area contributed by atoms with Crippen molar-refractivity contribution in [1.82, 2.24) is 10.4 Å². The largest absolute Gasteiger partial charge is 0.285 e. The van der Waals surface area contributed by atoms with Gasteiger partial charge in [-0.25, -0.2) is 5.01 Å². The van der Waals surface area contributed by atoms with E-state index in [0.29, 0.717) is 0 Å². The lowest BCUT2D eigenvalue weighted by Gasteiger charge is -2.13. The molecule has 1 N–H and O–H groups in total. The van der Waals surface area contributed by atoms with Crippen molar-refractivity contribution in [2.75, 3.05) is 14.1 Å². The van der Waals surface area contributed by atoms with Gasteiger partial charge in [-0.2, -0.15) is 0 Å². The quantitative estimate of drug-likeness (QED) is 0.720. The number of hydrazine groups is 1. The molecule has 0 saturated heterocycles. The second-order valence-corrected chi connectivity index (χ2v) is 3.65. The molecule has 3 heteroatoms. The van der Waals surface area contributed by atoms with Crippen molar-refractivity contribution in [1.29, 1.82) is 0 Å². The zero-order valence-electron chi connectivity index (χ0n) is 9.09. The number of carbonyl (C=O) groups excluding carboxylic acids is 1. The molecule has 0 radical (unpaired) electrons. The summed E-state index contributed by atoms with van der Waals surface area (Å²) in [5.41, 5.74) is 5.61. The normalized spacial score (nSPS) is 10.4. The van der Waals surface area contributed by atoms with Crippen LogP contribution in [0.2, 0.25) is 0 Å². The Labute approximate surface area is 84.7 Å². The van der Waals surface area contributed by atoms with Crippen molar-refractivity contribution in [2.45, 2.75) is 13.8 Å². The van der Waals surface area contributed by atoms with Gasteiger partial charge in [-0.15, -0.1) is 0 Å². The lowest BCUT2D eigenvalue weighted by Crippen LogP contribution is -2.36. The van der Waals surface area contributed by atoms with E-state index in [1.165, 1.54) is 5.56 Å². The van der Waals surface area contributed by atoms with E-state index in [-0.39, 0.29) is 5.91 Å². The van der Waals surface area contributed by atoms with Gasteiger partial charge in [0.05, 0.1) is 0 Å². The number of nitrogens with zero attached hydrogens (tertiary/aromatic N) is 1. The molecule has 0 unspecified atom stereocenters. The van der Waals surface area contributed by atoms with Crippen LogP contribution in [0.5, 0.6) is 0 Å². The smallest absolute Gasteiger partial charge is 0.265 e. The summed E-state index contributed by atoms with van der Waals surface area (Å²) in [6.07, 6.45) is 0. The Morgan fingerprint density at radius 2 is 1.93 bits per heavy atom. The van der Waals surface area contributed by atoms with E-state index in [1.807, 2.05) is 32.0 Å². The standard InChI is InChI=1S/C11H16N2O/c1-8-5-6-10(9(2)7-8)11(14)12-13(3)4/h5-7H,1-4H3,(H,12,14). The van der Waals surface area contributed by atoms with Gasteiger partial charge in [0.1, 0.15) is 0 Å². The molecule has 0 heterocycles. The maximum absolute atomic E-state index is 11.6. The van der Waals surface area contributed by atoms with Crippen LogP contribution < -0.4 is 5.43 Å². The fourth-order valence-electron chi connectivity index (χ4n) is 1.33. The van der Waals surface area contributed by atoms with Crippen molar-refractivity contribution in [3.8, 4) is 0 Å². The van der Waals surface area contributed by atoms with E-state index in [1.54, 1.807) is 19.1 Å². The minimum atomic E-state index is -0.0625. The Hall–Kier alpha value is -1.35. The number of amides is 1. The van der Waals surface area contributed by atoms with Crippen molar-refractivity contribution in [2.24, 2.45) is 0 Å². The zero-order chi connectivity index (χ0) is 10.7. The Kier molecular flexibility index (Phi) is 3.25. The Balaban J connectivity index is 2.90. The van der Waals surface area contributed by atoms with Gasteiger partial charge in [0.15, 0.2) is 0 Å². The van der Waals surface area contributed by atoms with Crippen LogP contribution in [0.1, 0.15) is 21.5 Å². The third kappa shape index (κ3) is 2.57. The molecular weight excluding hydrogens is 176 g/mol. The number of hydrogen-bond acceptors (Lipinski definition) is 2. The topological polar surface area (TPSA) is 32.3 Å². The molecule has 14 heavy (non-hydrogen) atoms. The van der Waals surface area contributed by atoms with Gasteiger partial charge in [0, 0.05) is 19.7 Å². The summed E-state index contributed by atoms with van der Waals surface area (Å²) in [4.78, 5) is 11.6. The van der Waals surface area contributed by atoms with Crippen LogP contribution in [0, 0.1) is 13.8 Å². The highest BCUT2D eigenvalue weighted by Gasteiger charge is 2.08.